The maximum Gasteiger partial charge on any atom is 0.305 e. The Morgan fingerprint density at radius 3 is 2.24 bits per heavy atom. The van der Waals surface area contributed by atoms with Gasteiger partial charge in [0.2, 0.25) is 0 Å². The summed E-state index contributed by atoms with van der Waals surface area (Å²) in [5.74, 6) is 0.876. The van der Waals surface area contributed by atoms with Gasteiger partial charge in [-0.1, -0.05) is 74.6 Å². The summed E-state index contributed by atoms with van der Waals surface area (Å²) in [7, 11) is 3.66. The molecule has 4 heteroatoms. The van der Waals surface area contributed by atoms with E-state index in [0.29, 0.717) is 18.5 Å². The molecule has 0 fully saturated rings. The predicted molar refractivity (Wildman–Crippen MR) is 137 cm³/mol. The number of likely N-dealkylation sites (N-methyl/N-ethyl adjacent to an activating group) is 1. The molecule has 0 aliphatic carbocycles. The lowest BCUT2D eigenvalue weighted by atomic mass is 10.0. The largest absolute Gasteiger partial charge is 0.494 e. The topological polar surface area (TPSA) is 38.8 Å². The second-order valence-corrected chi connectivity index (χ2v) is 9.10. The van der Waals surface area contributed by atoms with E-state index >= 15 is 0 Å². The van der Waals surface area contributed by atoms with Gasteiger partial charge in [0.25, 0.3) is 0 Å². The Morgan fingerprint density at radius 2 is 1.55 bits per heavy atom. The summed E-state index contributed by atoms with van der Waals surface area (Å²) in [6, 6.07) is 20.1. The number of carbonyl (C=O) groups is 1. The lowest BCUT2D eigenvalue weighted by molar-refractivity contribution is -0.140. The first-order valence-corrected chi connectivity index (χ1v) is 12.6. The van der Waals surface area contributed by atoms with Gasteiger partial charge in [0.15, 0.2) is 0 Å². The van der Waals surface area contributed by atoms with Crippen molar-refractivity contribution in [2.24, 2.45) is 0 Å². The second-order valence-electron chi connectivity index (χ2n) is 9.10. The first-order valence-electron chi connectivity index (χ1n) is 12.6. The van der Waals surface area contributed by atoms with Crippen LogP contribution in [0.5, 0.6) is 5.75 Å². The molecule has 0 aliphatic rings. The van der Waals surface area contributed by atoms with Gasteiger partial charge in [-0.05, 0) is 63.4 Å². The quantitative estimate of drug-likeness (QED) is 0.203. The van der Waals surface area contributed by atoms with Gasteiger partial charge in [-0.2, -0.15) is 0 Å². The number of rotatable bonds is 16. The summed E-state index contributed by atoms with van der Waals surface area (Å²) in [6.45, 7) is 5.34. The van der Waals surface area contributed by atoms with Crippen molar-refractivity contribution in [1.29, 1.82) is 0 Å². The lowest BCUT2D eigenvalue weighted by Gasteiger charge is -2.31. The summed E-state index contributed by atoms with van der Waals surface area (Å²) < 4.78 is 10.7. The maximum absolute atomic E-state index is 11.1. The van der Waals surface area contributed by atoms with E-state index in [1.165, 1.54) is 43.9 Å². The van der Waals surface area contributed by atoms with Gasteiger partial charge in [-0.3, -0.25) is 9.69 Å². The minimum absolute atomic E-state index is 0.0977. The van der Waals surface area contributed by atoms with Gasteiger partial charge in [0.05, 0.1) is 13.7 Å². The third-order valence-electron chi connectivity index (χ3n) is 6.54. The molecule has 0 radical (unpaired) electrons. The zero-order valence-electron chi connectivity index (χ0n) is 21.1. The molecule has 0 amide bonds. The molecule has 0 aliphatic heterocycles. The molecule has 2 aromatic carbocycles. The number of methoxy groups -OCH3 is 1. The molecule has 0 spiro atoms. The highest BCUT2D eigenvalue weighted by Crippen LogP contribution is 2.23. The van der Waals surface area contributed by atoms with Crippen molar-refractivity contribution in [3.63, 3.8) is 0 Å². The van der Waals surface area contributed by atoms with Gasteiger partial charge < -0.3 is 9.47 Å². The third-order valence-corrected chi connectivity index (χ3v) is 6.54. The number of carbonyl (C=O) groups excluding carboxylic acids is 1. The van der Waals surface area contributed by atoms with E-state index < -0.39 is 0 Å². The van der Waals surface area contributed by atoms with Crippen LogP contribution in [-0.2, 0) is 16.0 Å². The van der Waals surface area contributed by atoms with Crippen LogP contribution in [0.3, 0.4) is 0 Å². The normalized spacial score (nSPS) is 13.0. The third kappa shape index (κ3) is 10.4. The van der Waals surface area contributed by atoms with Gasteiger partial charge in [-0.25, -0.2) is 0 Å². The predicted octanol–water partition coefficient (Wildman–Crippen LogP) is 6.98. The second kappa shape index (κ2) is 15.5. The molecule has 0 N–H and O–H groups in total. The Bertz CT molecular complexity index is 792. The highest BCUT2D eigenvalue weighted by Gasteiger charge is 2.17. The van der Waals surface area contributed by atoms with Crippen LogP contribution in [0.4, 0.5) is 0 Å². The highest BCUT2D eigenvalue weighted by molar-refractivity contribution is 5.68. The van der Waals surface area contributed by atoms with Crippen molar-refractivity contribution < 1.29 is 14.3 Å². The fourth-order valence-electron chi connectivity index (χ4n) is 4.14. The summed E-state index contributed by atoms with van der Waals surface area (Å²) in [5, 5.41) is 0. The SMILES string of the molecule is COC(=O)CCCCCCCCCOc1cccc(C[C@H](C)N(C)[C@@H](C)c2ccccc2)c1. The van der Waals surface area contributed by atoms with E-state index in [2.05, 4.69) is 85.1 Å². The fourth-order valence-corrected chi connectivity index (χ4v) is 4.14. The molecular formula is C29H43NO3. The van der Waals surface area contributed by atoms with Crippen LogP contribution in [0.15, 0.2) is 54.6 Å². The van der Waals surface area contributed by atoms with E-state index in [0.717, 1.165) is 38.0 Å². The first kappa shape index (κ1) is 26.9. The monoisotopic (exact) mass is 453 g/mol. The number of ether oxygens (including phenoxy) is 2. The zero-order valence-corrected chi connectivity index (χ0v) is 21.1. The van der Waals surface area contributed by atoms with E-state index in [1.807, 2.05) is 0 Å². The Morgan fingerprint density at radius 1 is 0.879 bits per heavy atom. The van der Waals surface area contributed by atoms with E-state index in [9.17, 15) is 4.79 Å². The van der Waals surface area contributed by atoms with Crippen LogP contribution >= 0.6 is 0 Å². The molecule has 0 aromatic heterocycles. The smallest absolute Gasteiger partial charge is 0.305 e. The minimum Gasteiger partial charge on any atom is -0.494 e. The Balaban J connectivity index is 1.63. The molecule has 2 aromatic rings. The van der Waals surface area contributed by atoms with Crippen molar-refractivity contribution in [2.45, 2.75) is 83.7 Å². The van der Waals surface area contributed by atoms with E-state index in [4.69, 9.17) is 4.74 Å². The van der Waals surface area contributed by atoms with E-state index in [-0.39, 0.29) is 5.97 Å². The van der Waals surface area contributed by atoms with Crippen molar-refractivity contribution in [3.05, 3.63) is 65.7 Å². The summed E-state index contributed by atoms with van der Waals surface area (Å²) in [4.78, 5) is 13.5. The van der Waals surface area contributed by atoms with Gasteiger partial charge in [-0.15, -0.1) is 0 Å². The van der Waals surface area contributed by atoms with Crippen LogP contribution in [0.1, 0.15) is 82.4 Å². The first-order chi connectivity index (χ1) is 16.0. The molecule has 0 unspecified atom stereocenters. The standard InChI is InChI=1S/C29H43NO3/c1-24(30(3)25(2)27-17-11-10-12-18-27)22-26-16-15-19-28(23-26)33-21-14-9-7-5-6-8-13-20-29(31)32-4/h10-12,15-19,23-25H,5-9,13-14,20-22H2,1-4H3/t24-,25-/m0/s1. The average molecular weight is 454 g/mol. The highest BCUT2D eigenvalue weighted by atomic mass is 16.5. The fraction of sp³-hybridized carbons (Fsp3) is 0.552. The molecule has 2 atom stereocenters. The molecule has 2 rings (SSSR count). The van der Waals surface area contributed by atoms with Crippen LogP contribution in [0.25, 0.3) is 0 Å². The molecule has 182 valence electrons. The maximum atomic E-state index is 11.1. The number of benzene rings is 2. The number of nitrogens with zero attached hydrogens (tertiary/aromatic N) is 1. The summed E-state index contributed by atoms with van der Waals surface area (Å²) >= 11 is 0. The van der Waals surface area contributed by atoms with Gasteiger partial charge in [0.1, 0.15) is 5.75 Å². The molecule has 0 bridgehead atoms. The number of hydrogen-bond acceptors (Lipinski definition) is 4. The van der Waals surface area contributed by atoms with Crippen molar-refractivity contribution in [3.8, 4) is 5.75 Å². The number of hydrogen-bond donors (Lipinski definition) is 0. The number of esters is 1. The van der Waals surface area contributed by atoms with Crippen LogP contribution < -0.4 is 4.74 Å². The average Bonchev–Trinajstić information content (AvgIpc) is 2.84. The molecule has 0 saturated carbocycles. The number of unbranched alkanes of at least 4 members (excludes halogenated alkanes) is 6. The van der Waals surface area contributed by atoms with Crippen LogP contribution in [0, 0.1) is 0 Å². The molecular weight excluding hydrogens is 410 g/mol. The molecule has 4 nitrogen and oxygen atoms in total. The minimum atomic E-state index is -0.0977. The van der Waals surface area contributed by atoms with Crippen molar-refractivity contribution in [1.82, 2.24) is 4.90 Å². The van der Waals surface area contributed by atoms with Crippen LogP contribution in [0.2, 0.25) is 0 Å². The summed E-state index contributed by atoms with van der Waals surface area (Å²) in [5.41, 5.74) is 2.67. The van der Waals surface area contributed by atoms with E-state index in [1.54, 1.807) is 0 Å². The van der Waals surface area contributed by atoms with Crippen molar-refractivity contribution >= 4 is 5.97 Å². The van der Waals surface area contributed by atoms with Crippen LogP contribution in [-0.4, -0.2) is 37.7 Å². The molecule has 0 saturated heterocycles. The lowest BCUT2D eigenvalue weighted by Crippen LogP contribution is -2.33. The Hall–Kier alpha value is -2.33. The molecule has 0 heterocycles. The molecule has 33 heavy (non-hydrogen) atoms. The van der Waals surface area contributed by atoms with Gasteiger partial charge in [0, 0.05) is 18.5 Å². The zero-order chi connectivity index (χ0) is 23.9. The van der Waals surface area contributed by atoms with Gasteiger partial charge >= 0.3 is 5.97 Å². The Labute approximate surface area is 201 Å². The summed E-state index contributed by atoms with van der Waals surface area (Å²) in [6.07, 6.45) is 9.51. The van der Waals surface area contributed by atoms with Crippen molar-refractivity contribution in [2.75, 3.05) is 20.8 Å². The Kier molecular flexibility index (Phi) is 12.6.